The van der Waals surface area contributed by atoms with Crippen LogP contribution in [0.5, 0.6) is 0 Å². The van der Waals surface area contributed by atoms with Crippen LogP contribution < -0.4 is 10.5 Å². The molecule has 6 heteroatoms. The first-order valence-corrected chi connectivity index (χ1v) is 11.8. The van der Waals surface area contributed by atoms with Crippen molar-refractivity contribution in [2.24, 2.45) is 0 Å². The molecule has 5 nitrogen and oxygen atoms in total. The number of hydrogen-bond acceptors (Lipinski definition) is 4. The lowest BCUT2D eigenvalue weighted by Crippen LogP contribution is -2.49. The van der Waals surface area contributed by atoms with E-state index in [1.54, 1.807) is 10.6 Å². The Hall–Kier alpha value is -2.73. The number of rotatable bonds is 5. The summed E-state index contributed by atoms with van der Waals surface area (Å²) in [5.41, 5.74) is 4.79. The van der Waals surface area contributed by atoms with Gasteiger partial charge in [0.2, 0.25) is 5.91 Å². The summed E-state index contributed by atoms with van der Waals surface area (Å²) in [6, 6.07) is 16.0. The molecule has 0 unspecified atom stereocenters. The number of carbonyl (C=O) groups is 1. The molecule has 1 amide bonds. The molecule has 1 aromatic heterocycles. The lowest BCUT2D eigenvalue weighted by Gasteiger charge is -2.37. The maximum absolute atomic E-state index is 12.9. The minimum atomic E-state index is -0.0155. The number of amides is 1. The summed E-state index contributed by atoms with van der Waals surface area (Å²) in [5, 5.41) is 1.03. The number of nitrogens with zero attached hydrogens (tertiary/aromatic N) is 3. The van der Waals surface area contributed by atoms with Crippen LogP contribution >= 0.6 is 11.8 Å². The largest absolute Gasteiger partial charge is 0.368 e. The number of hydrogen-bond donors (Lipinski definition) is 0. The van der Waals surface area contributed by atoms with Gasteiger partial charge in [-0.1, -0.05) is 30.3 Å². The lowest BCUT2D eigenvalue weighted by atomic mass is 10.1. The Bertz CT molecular complexity index is 1160. The molecule has 31 heavy (non-hydrogen) atoms. The molecule has 0 aliphatic carbocycles. The fraction of sp³-hybridized carbons (Fsp3) is 0.360. The second kappa shape index (κ2) is 9.18. The van der Waals surface area contributed by atoms with Crippen LogP contribution in [0.3, 0.4) is 0 Å². The number of aryl methyl sites for hydroxylation is 2. The minimum absolute atomic E-state index is 0.0155. The molecule has 1 saturated heterocycles. The Morgan fingerprint density at radius 3 is 2.48 bits per heavy atom. The molecule has 1 aliphatic heterocycles. The van der Waals surface area contributed by atoms with Gasteiger partial charge in [0.05, 0.1) is 11.3 Å². The summed E-state index contributed by atoms with van der Waals surface area (Å²) < 4.78 is 1.77. The minimum Gasteiger partial charge on any atom is -0.368 e. The van der Waals surface area contributed by atoms with Crippen LogP contribution in [0.2, 0.25) is 0 Å². The highest BCUT2D eigenvalue weighted by atomic mass is 32.2. The van der Waals surface area contributed by atoms with E-state index in [2.05, 4.69) is 36.9 Å². The molecule has 0 saturated carbocycles. The second-order valence-electron chi connectivity index (χ2n) is 7.98. The highest BCUT2D eigenvalue weighted by Gasteiger charge is 2.22. The van der Waals surface area contributed by atoms with E-state index in [-0.39, 0.29) is 11.5 Å². The Labute approximate surface area is 187 Å². The maximum atomic E-state index is 12.9. The average molecular weight is 436 g/mol. The Morgan fingerprint density at radius 1 is 1.00 bits per heavy atom. The average Bonchev–Trinajstić information content (AvgIpc) is 2.79. The van der Waals surface area contributed by atoms with Crippen molar-refractivity contribution in [1.82, 2.24) is 9.47 Å². The molecule has 2 heterocycles. The molecule has 0 spiro atoms. The molecule has 3 aromatic rings. The van der Waals surface area contributed by atoms with E-state index in [1.165, 1.54) is 28.6 Å². The van der Waals surface area contributed by atoms with Gasteiger partial charge in [-0.05, 0) is 44.0 Å². The quantitative estimate of drug-likeness (QED) is 0.567. The summed E-state index contributed by atoms with van der Waals surface area (Å²) in [5.74, 6) is 0.484. The van der Waals surface area contributed by atoms with E-state index in [9.17, 15) is 9.59 Å². The third kappa shape index (κ3) is 4.35. The maximum Gasteiger partial charge on any atom is 0.252 e. The van der Waals surface area contributed by atoms with Gasteiger partial charge in [-0.25, -0.2) is 0 Å². The van der Waals surface area contributed by atoms with E-state index in [4.69, 9.17) is 0 Å². The number of fused-ring (bicyclic) bond motifs is 1. The second-order valence-corrected chi connectivity index (χ2v) is 9.00. The number of para-hydroxylation sites is 1. The number of pyridine rings is 1. The standard InChI is InChI=1S/C25H29N3O2S/c1-4-28-22-10-6-5-9-20(22)23(16-24(28)29)31-17-25(30)27-14-12-26(13-15-27)21-11-7-8-18(2)19(21)3/h5-11,16H,4,12-15,17H2,1-3H3. The van der Waals surface area contributed by atoms with E-state index < -0.39 is 0 Å². The summed E-state index contributed by atoms with van der Waals surface area (Å²) in [4.78, 5) is 30.6. The van der Waals surface area contributed by atoms with E-state index in [0.717, 1.165) is 42.0 Å². The Kier molecular flexibility index (Phi) is 6.37. The molecule has 0 bridgehead atoms. The number of benzene rings is 2. The van der Waals surface area contributed by atoms with Gasteiger partial charge >= 0.3 is 0 Å². The van der Waals surface area contributed by atoms with Crippen LogP contribution in [0, 0.1) is 13.8 Å². The van der Waals surface area contributed by atoms with E-state index in [1.807, 2.05) is 36.1 Å². The number of piperazine rings is 1. The first kappa shape index (κ1) is 21.5. The van der Waals surface area contributed by atoms with Gasteiger partial charge in [0.15, 0.2) is 0 Å². The fourth-order valence-corrected chi connectivity index (χ4v) is 5.23. The molecule has 0 atom stereocenters. The molecule has 162 valence electrons. The molecule has 4 rings (SSSR count). The van der Waals surface area contributed by atoms with Crippen molar-refractivity contribution in [3.05, 3.63) is 70.0 Å². The number of thioether (sulfide) groups is 1. The molecule has 1 fully saturated rings. The molecule has 1 aliphatic rings. The van der Waals surface area contributed by atoms with Gasteiger partial charge in [-0.3, -0.25) is 9.59 Å². The first-order valence-electron chi connectivity index (χ1n) is 10.8. The SMILES string of the molecule is CCn1c(=O)cc(SCC(=O)N2CCN(c3cccc(C)c3C)CC2)c2ccccc21. The third-order valence-corrected chi connectivity index (χ3v) is 7.24. The van der Waals surface area contributed by atoms with Crippen molar-refractivity contribution in [3.8, 4) is 0 Å². The van der Waals surface area contributed by atoms with Crippen molar-refractivity contribution in [3.63, 3.8) is 0 Å². The molecule has 0 radical (unpaired) electrons. The number of anilines is 1. The zero-order chi connectivity index (χ0) is 22.0. The lowest BCUT2D eigenvalue weighted by molar-refractivity contribution is -0.128. The predicted octanol–water partition coefficient (Wildman–Crippen LogP) is 4.08. The summed E-state index contributed by atoms with van der Waals surface area (Å²) in [7, 11) is 0. The van der Waals surface area contributed by atoms with Gasteiger partial charge in [-0.15, -0.1) is 11.8 Å². The number of carbonyl (C=O) groups excluding carboxylic acids is 1. The Balaban J connectivity index is 1.42. The van der Waals surface area contributed by atoms with Crippen LogP contribution in [0.15, 0.2) is 58.2 Å². The van der Waals surface area contributed by atoms with Gasteiger partial charge in [0.1, 0.15) is 0 Å². The van der Waals surface area contributed by atoms with Crippen molar-refractivity contribution in [1.29, 1.82) is 0 Å². The zero-order valence-corrected chi connectivity index (χ0v) is 19.2. The van der Waals surface area contributed by atoms with Crippen LogP contribution in [-0.4, -0.2) is 47.3 Å². The monoisotopic (exact) mass is 435 g/mol. The summed E-state index contributed by atoms with van der Waals surface area (Å²) >= 11 is 1.47. The van der Waals surface area contributed by atoms with Gasteiger partial charge < -0.3 is 14.4 Å². The van der Waals surface area contributed by atoms with Gasteiger partial charge in [-0.2, -0.15) is 0 Å². The highest BCUT2D eigenvalue weighted by molar-refractivity contribution is 8.00. The van der Waals surface area contributed by atoms with Gasteiger partial charge in [0, 0.05) is 54.8 Å². The normalized spacial score (nSPS) is 14.3. The van der Waals surface area contributed by atoms with Crippen LogP contribution in [0.1, 0.15) is 18.1 Å². The predicted molar refractivity (Wildman–Crippen MR) is 129 cm³/mol. The first-order chi connectivity index (χ1) is 15.0. The molecule has 0 N–H and O–H groups in total. The van der Waals surface area contributed by atoms with Crippen molar-refractivity contribution in [2.75, 3.05) is 36.8 Å². The third-order valence-electron chi connectivity index (χ3n) is 6.20. The number of aromatic nitrogens is 1. The molecular formula is C25H29N3O2S. The van der Waals surface area contributed by atoms with Crippen LogP contribution in [0.25, 0.3) is 10.9 Å². The topological polar surface area (TPSA) is 45.6 Å². The molecular weight excluding hydrogens is 406 g/mol. The van der Waals surface area contributed by atoms with Crippen LogP contribution in [-0.2, 0) is 11.3 Å². The van der Waals surface area contributed by atoms with Crippen molar-refractivity contribution >= 4 is 34.3 Å². The van der Waals surface area contributed by atoms with E-state index >= 15 is 0 Å². The smallest absolute Gasteiger partial charge is 0.252 e. The fourth-order valence-electron chi connectivity index (χ4n) is 4.26. The summed E-state index contributed by atoms with van der Waals surface area (Å²) in [6.45, 7) is 10.0. The van der Waals surface area contributed by atoms with Crippen molar-refractivity contribution < 1.29 is 4.79 Å². The van der Waals surface area contributed by atoms with Crippen LogP contribution in [0.4, 0.5) is 5.69 Å². The zero-order valence-electron chi connectivity index (χ0n) is 18.4. The highest BCUT2D eigenvalue weighted by Crippen LogP contribution is 2.27. The van der Waals surface area contributed by atoms with Crippen molar-refractivity contribution in [2.45, 2.75) is 32.2 Å². The summed E-state index contributed by atoms with van der Waals surface area (Å²) in [6.07, 6.45) is 0. The Morgan fingerprint density at radius 2 is 1.74 bits per heavy atom. The van der Waals surface area contributed by atoms with E-state index in [0.29, 0.717) is 12.3 Å². The van der Waals surface area contributed by atoms with Gasteiger partial charge in [0.25, 0.3) is 5.56 Å². The molecule has 2 aromatic carbocycles.